The molecule has 3 heterocycles. The zero-order chi connectivity index (χ0) is 34.6. The molecule has 1 aliphatic rings. The lowest BCUT2D eigenvalue weighted by Gasteiger charge is -2.28. The minimum Gasteiger partial charge on any atom is -0.454 e. The lowest BCUT2D eigenvalue weighted by molar-refractivity contribution is 0.669. The first-order valence-corrected chi connectivity index (χ1v) is 21.7. The molecule has 0 aliphatic carbocycles. The van der Waals surface area contributed by atoms with Gasteiger partial charge in [0.2, 0.25) is 0 Å². The maximum Gasteiger partial charge on any atom is 0.159 e. The van der Waals surface area contributed by atoms with Gasteiger partial charge in [0.25, 0.3) is 0 Å². The molecule has 11 rings (SSSR count). The Labute approximate surface area is 306 Å². The molecule has 0 atom stereocenters. The van der Waals surface area contributed by atoms with E-state index in [0.29, 0.717) is 0 Å². The Balaban J connectivity index is 1.14. The van der Waals surface area contributed by atoms with Crippen LogP contribution in [0.1, 0.15) is 0 Å². The molecule has 0 bridgehead atoms. The number of para-hydroxylation sites is 2. The van der Waals surface area contributed by atoms with Crippen molar-refractivity contribution in [3.05, 3.63) is 164 Å². The summed E-state index contributed by atoms with van der Waals surface area (Å²) in [5, 5.41) is 10.5. The maximum absolute atomic E-state index is 6.70. The summed E-state index contributed by atoms with van der Waals surface area (Å²) in [6, 6.07) is 60.1. The van der Waals surface area contributed by atoms with E-state index in [0.717, 1.165) is 39.0 Å². The number of anilines is 3. The monoisotopic (exact) mass is 699 g/mol. The van der Waals surface area contributed by atoms with Gasteiger partial charge in [-0.05, 0) is 91.9 Å². The van der Waals surface area contributed by atoms with Crippen molar-refractivity contribution in [2.45, 2.75) is 13.1 Å². The highest BCUT2D eigenvalue weighted by molar-refractivity contribution is 7.26. The Morgan fingerprint density at radius 1 is 0.519 bits per heavy atom. The van der Waals surface area contributed by atoms with Gasteiger partial charge in [0.05, 0.1) is 5.69 Å². The Morgan fingerprint density at radius 2 is 1.27 bits per heavy atom. The molecular formula is C48H33NOSSi. The first-order chi connectivity index (χ1) is 25.5. The largest absolute Gasteiger partial charge is 0.454 e. The van der Waals surface area contributed by atoms with Crippen molar-refractivity contribution >= 4 is 99.7 Å². The van der Waals surface area contributed by atoms with Crippen LogP contribution in [0, 0.1) is 0 Å². The summed E-state index contributed by atoms with van der Waals surface area (Å²) in [6.45, 7) is 5.04. The number of benzene rings is 8. The Morgan fingerprint density at radius 3 is 2.19 bits per heavy atom. The van der Waals surface area contributed by atoms with E-state index in [-0.39, 0.29) is 0 Å². The van der Waals surface area contributed by atoms with E-state index < -0.39 is 8.07 Å². The van der Waals surface area contributed by atoms with Gasteiger partial charge in [0.15, 0.2) is 5.58 Å². The van der Waals surface area contributed by atoms with Crippen LogP contribution in [-0.2, 0) is 0 Å². The van der Waals surface area contributed by atoms with Crippen LogP contribution in [-0.4, -0.2) is 8.07 Å². The van der Waals surface area contributed by atoms with Gasteiger partial charge in [-0.2, -0.15) is 0 Å². The molecular weight excluding hydrogens is 667 g/mol. The van der Waals surface area contributed by atoms with E-state index >= 15 is 0 Å². The van der Waals surface area contributed by atoms with Crippen molar-refractivity contribution in [3.63, 3.8) is 0 Å². The van der Waals surface area contributed by atoms with E-state index in [1.807, 2.05) is 17.4 Å². The summed E-state index contributed by atoms with van der Waals surface area (Å²) in [6.07, 6.45) is 0. The summed E-state index contributed by atoms with van der Waals surface area (Å²) >= 11 is 1.94. The summed E-state index contributed by atoms with van der Waals surface area (Å²) < 4.78 is 9.47. The molecule has 0 spiro atoms. The Hall–Kier alpha value is -5.94. The second kappa shape index (κ2) is 11.0. The van der Waals surface area contributed by atoms with Crippen molar-refractivity contribution in [2.75, 3.05) is 4.90 Å². The molecule has 0 amide bonds. The summed E-state index contributed by atoms with van der Waals surface area (Å²) in [5.74, 6) is 0. The molecule has 2 nitrogen and oxygen atoms in total. The molecule has 246 valence electrons. The fourth-order valence-corrected chi connectivity index (χ4v) is 13.1. The van der Waals surface area contributed by atoms with Crippen LogP contribution in [0.15, 0.2) is 168 Å². The predicted octanol–water partition coefficient (Wildman–Crippen LogP) is 13.0. The van der Waals surface area contributed by atoms with Crippen LogP contribution in [0.2, 0.25) is 13.1 Å². The topological polar surface area (TPSA) is 16.4 Å². The molecule has 0 unspecified atom stereocenters. The second-order valence-electron chi connectivity index (χ2n) is 14.5. The van der Waals surface area contributed by atoms with Crippen LogP contribution in [0.25, 0.3) is 75.1 Å². The molecule has 10 aromatic rings. The van der Waals surface area contributed by atoms with Crippen LogP contribution in [0.3, 0.4) is 0 Å². The van der Waals surface area contributed by atoms with Crippen LogP contribution < -0.4 is 15.3 Å². The molecule has 52 heavy (non-hydrogen) atoms. The third-order valence-electron chi connectivity index (χ3n) is 11.2. The average molecular weight is 700 g/mol. The van der Waals surface area contributed by atoms with E-state index in [2.05, 4.69) is 176 Å². The van der Waals surface area contributed by atoms with Gasteiger partial charge in [-0.25, -0.2) is 0 Å². The van der Waals surface area contributed by atoms with E-state index in [9.17, 15) is 0 Å². The number of nitrogens with zero attached hydrogens (tertiary/aromatic N) is 1. The standard InChI is InChI=1S/C48H33NOSSi/c1-52(2)44-26-25-39-37-16-6-8-20-43(37)51-48(39)46(44)40-24-23-35(29-45(40)52)49(41-18-10-17-38-36-15-5-7-19-42(36)50-47(38)41)34-14-9-13-32(28-34)33-22-21-30-11-3-4-12-31(30)27-33/h3-29H,1-2H3. The molecule has 4 heteroatoms. The fourth-order valence-electron chi connectivity index (χ4n) is 8.66. The van der Waals surface area contributed by atoms with Gasteiger partial charge >= 0.3 is 0 Å². The quantitative estimate of drug-likeness (QED) is 0.170. The predicted molar refractivity (Wildman–Crippen MR) is 226 cm³/mol. The van der Waals surface area contributed by atoms with Gasteiger partial charge in [-0.1, -0.05) is 128 Å². The number of furan rings is 1. The van der Waals surface area contributed by atoms with E-state index in [1.165, 1.54) is 63.6 Å². The number of hydrogen-bond donors (Lipinski definition) is 0. The van der Waals surface area contributed by atoms with Crippen molar-refractivity contribution in [3.8, 4) is 22.3 Å². The molecule has 8 aromatic carbocycles. The third kappa shape index (κ3) is 4.29. The Bertz CT molecular complexity index is 3080. The zero-order valence-electron chi connectivity index (χ0n) is 28.9. The molecule has 0 N–H and O–H groups in total. The SMILES string of the molecule is C[Si]1(C)c2cc(N(c3cccc(-c4ccc5ccccc5c4)c3)c3cccc4c3oc3ccccc34)ccc2-c2c1ccc1c2sc2ccccc21. The molecule has 0 saturated carbocycles. The highest BCUT2D eigenvalue weighted by atomic mass is 32.1. The average Bonchev–Trinajstić information content (AvgIpc) is 3.83. The first kappa shape index (κ1) is 29.8. The molecule has 0 radical (unpaired) electrons. The Kier molecular flexibility index (Phi) is 6.31. The third-order valence-corrected chi connectivity index (χ3v) is 16.0. The van der Waals surface area contributed by atoms with Gasteiger partial charge in [-0.3, -0.25) is 0 Å². The molecule has 1 aliphatic heterocycles. The molecule has 0 fully saturated rings. The molecule has 2 aromatic heterocycles. The van der Waals surface area contributed by atoms with Gasteiger partial charge in [-0.15, -0.1) is 11.3 Å². The lowest BCUT2D eigenvalue weighted by Crippen LogP contribution is -2.49. The van der Waals surface area contributed by atoms with Crippen molar-refractivity contribution in [1.82, 2.24) is 0 Å². The number of rotatable bonds is 4. The van der Waals surface area contributed by atoms with Gasteiger partial charge in [0, 0.05) is 42.3 Å². The van der Waals surface area contributed by atoms with E-state index in [4.69, 9.17) is 4.42 Å². The van der Waals surface area contributed by atoms with Crippen LogP contribution in [0.4, 0.5) is 17.1 Å². The molecule has 0 saturated heterocycles. The summed E-state index contributed by atoms with van der Waals surface area (Å²) in [4.78, 5) is 2.41. The number of hydrogen-bond acceptors (Lipinski definition) is 3. The lowest BCUT2D eigenvalue weighted by atomic mass is 10.00. The van der Waals surface area contributed by atoms with Crippen molar-refractivity contribution in [1.29, 1.82) is 0 Å². The van der Waals surface area contributed by atoms with Crippen molar-refractivity contribution < 1.29 is 4.42 Å². The number of fused-ring (bicyclic) bond motifs is 11. The zero-order valence-corrected chi connectivity index (χ0v) is 30.7. The maximum atomic E-state index is 6.70. The van der Waals surface area contributed by atoms with E-state index in [1.54, 1.807) is 0 Å². The summed E-state index contributed by atoms with van der Waals surface area (Å²) in [5.41, 5.74) is 10.3. The van der Waals surface area contributed by atoms with Crippen LogP contribution >= 0.6 is 11.3 Å². The second-order valence-corrected chi connectivity index (χ2v) is 19.9. The smallest absolute Gasteiger partial charge is 0.159 e. The normalized spacial score (nSPS) is 13.3. The minimum absolute atomic E-state index is 0.895. The van der Waals surface area contributed by atoms with Gasteiger partial charge in [0.1, 0.15) is 13.7 Å². The number of thiophene rings is 1. The highest BCUT2D eigenvalue weighted by Crippen LogP contribution is 2.46. The first-order valence-electron chi connectivity index (χ1n) is 17.9. The highest BCUT2D eigenvalue weighted by Gasteiger charge is 2.39. The fraction of sp³-hybridized carbons (Fsp3) is 0.0417. The summed E-state index contributed by atoms with van der Waals surface area (Å²) in [7, 11) is -2.04. The van der Waals surface area contributed by atoms with Crippen LogP contribution in [0.5, 0.6) is 0 Å². The van der Waals surface area contributed by atoms with Crippen molar-refractivity contribution in [2.24, 2.45) is 0 Å². The van der Waals surface area contributed by atoms with Gasteiger partial charge < -0.3 is 9.32 Å². The minimum atomic E-state index is -2.04.